The van der Waals surface area contributed by atoms with E-state index in [2.05, 4.69) is 24.1 Å². The highest BCUT2D eigenvalue weighted by atomic mass is 32.1. The van der Waals surface area contributed by atoms with Crippen LogP contribution >= 0.6 is 11.3 Å². The van der Waals surface area contributed by atoms with E-state index in [0.717, 1.165) is 19.6 Å². The molecule has 0 aliphatic carbocycles. The van der Waals surface area contributed by atoms with Crippen LogP contribution in [0.2, 0.25) is 0 Å². The van der Waals surface area contributed by atoms with Crippen molar-refractivity contribution in [2.24, 2.45) is 0 Å². The molecule has 0 saturated carbocycles. The van der Waals surface area contributed by atoms with Gasteiger partial charge in [0.2, 0.25) is 0 Å². The Morgan fingerprint density at radius 3 is 2.62 bits per heavy atom. The fourth-order valence-electron chi connectivity index (χ4n) is 1.90. The van der Waals surface area contributed by atoms with Gasteiger partial charge in [0.05, 0.1) is 12.3 Å². The van der Waals surface area contributed by atoms with Crippen molar-refractivity contribution < 1.29 is 9.53 Å². The van der Waals surface area contributed by atoms with Gasteiger partial charge in [-0.15, -0.1) is 11.3 Å². The molecule has 0 spiro atoms. The van der Waals surface area contributed by atoms with Crippen LogP contribution in [0.3, 0.4) is 0 Å². The molecule has 0 bridgehead atoms. The Morgan fingerprint density at radius 2 is 2.10 bits per heavy atom. The van der Waals surface area contributed by atoms with Gasteiger partial charge in [0.25, 0.3) is 0 Å². The second kappa shape index (κ2) is 8.49. The highest BCUT2D eigenvalue weighted by Gasteiger charge is 2.21. The number of hydrogen-bond acceptors (Lipinski definition) is 7. The van der Waals surface area contributed by atoms with Crippen LogP contribution in [0, 0.1) is 11.3 Å². The summed E-state index contributed by atoms with van der Waals surface area (Å²) < 4.78 is 4.95. The molecular formula is C14H22N4O2S. The van der Waals surface area contributed by atoms with E-state index in [1.165, 1.54) is 11.3 Å². The molecule has 21 heavy (non-hydrogen) atoms. The minimum absolute atomic E-state index is 0.200. The van der Waals surface area contributed by atoms with Crippen molar-refractivity contribution in [3.05, 3.63) is 10.4 Å². The average molecular weight is 310 g/mol. The molecule has 0 aliphatic rings. The Morgan fingerprint density at radius 1 is 1.43 bits per heavy atom. The van der Waals surface area contributed by atoms with Crippen molar-refractivity contribution in [1.29, 1.82) is 5.26 Å². The molecule has 3 N–H and O–H groups in total. The Kier molecular flexibility index (Phi) is 6.99. The highest BCUT2D eigenvalue weighted by Crippen LogP contribution is 2.35. The highest BCUT2D eigenvalue weighted by molar-refractivity contribution is 7.18. The number of nitrogen functional groups attached to an aromatic ring is 1. The first-order valence-corrected chi connectivity index (χ1v) is 7.86. The molecule has 0 radical (unpaired) electrons. The quantitative estimate of drug-likeness (QED) is 0.715. The third-order valence-corrected chi connectivity index (χ3v) is 4.27. The number of esters is 1. The van der Waals surface area contributed by atoms with Gasteiger partial charge in [0, 0.05) is 13.1 Å². The maximum Gasteiger partial charge on any atom is 0.350 e. The van der Waals surface area contributed by atoms with Crippen LogP contribution in [0.15, 0.2) is 0 Å². The van der Waals surface area contributed by atoms with E-state index >= 15 is 0 Å². The third-order valence-electron chi connectivity index (χ3n) is 3.13. The number of nitriles is 1. The van der Waals surface area contributed by atoms with Gasteiger partial charge in [-0.1, -0.05) is 13.8 Å². The second-order valence-electron chi connectivity index (χ2n) is 4.33. The molecule has 1 rings (SSSR count). The number of nitrogens with two attached hydrogens (primary N) is 1. The summed E-state index contributed by atoms with van der Waals surface area (Å²) in [6, 6.07) is 2.05. The van der Waals surface area contributed by atoms with Gasteiger partial charge in [-0.3, -0.25) is 0 Å². The molecule has 0 saturated heterocycles. The molecule has 1 aromatic rings. The summed E-state index contributed by atoms with van der Waals surface area (Å²) in [6.45, 7) is 9.73. The first kappa shape index (κ1) is 17.3. The standard InChI is InChI=1S/C14H22N4O2S/c1-4-18(5-2)8-7-17-13-10(9-15)11(16)12(21-13)14(19)20-6-3/h17H,4-8,16H2,1-3H3. The van der Waals surface area contributed by atoms with E-state index in [1.54, 1.807) is 6.92 Å². The van der Waals surface area contributed by atoms with E-state index in [0.29, 0.717) is 22.0 Å². The number of rotatable bonds is 8. The zero-order chi connectivity index (χ0) is 15.8. The average Bonchev–Trinajstić information content (AvgIpc) is 2.80. The first-order chi connectivity index (χ1) is 10.1. The fraction of sp³-hybridized carbons (Fsp3) is 0.571. The van der Waals surface area contributed by atoms with Crippen LogP contribution in [0.1, 0.15) is 36.0 Å². The van der Waals surface area contributed by atoms with Crippen LogP contribution in [-0.2, 0) is 4.74 Å². The summed E-state index contributed by atoms with van der Waals surface area (Å²) in [6.07, 6.45) is 0. The smallest absolute Gasteiger partial charge is 0.350 e. The number of likely N-dealkylation sites (N-methyl/N-ethyl adjacent to an activating group) is 1. The maximum atomic E-state index is 11.8. The van der Waals surface area contributed by atoms with E-state index in [-0.39, 0.29) is 12.3 Å². The van der Waals surface area contributed by atoms with Gasteiger partial charge in [-0.25, -0.2) is 4.79 Å². The number of ether oxygens (including phenoxy) is 1. The molecule has 6 nitrogen and oxygen atoms in total. The molecular weight excluding hydrogens is 288 g/mol. The Labute approximate surface area is 129 Å². The number of nitrogens with one attached hydrogen (secondary N) is 1. The van der Waals surface area contributed by atoms with Crippen LogP contribution < -0.4 is 11.1 Å². The van der Waals surface area contributed by atoms with E-state index in [4.69, 9.17) is 10.5 Å². The molecule has 0 fully saturated rings. The lowest BCUT2D eigenvalue weighted by atomic mass is 10.2. The number of carbonyl (C=O) groups is 1. The molecule has 0 atom stereocenters. The van der Waals surface area contributed by atoms with Crippen LogP contribution in [0.4, 0.5) is 10.7 Å². The van der Waals surface area contributed by atoms with Gasteiger partial charge in [-0.2, -0.15) is 5.26 Å². The van der Waals surface area contributed by atoms with Crippen molar-refractivity contribution in [3.63, 3.8) is 0 Å². The predicted molar refractivity (Wildman–Crippen MR) is 85.7 cm³/mol. The molecule has 0 aliphatic heterocycles. The number of carbonyl (C=O) groups excluding carboxylic acids is 1. The Balaban J connectivity index is 2.81. The predicted octanol–water partition coefficient (Wildman–Crippen LogP) is 2.13. The number of thiophene rings is 1. The molecule has 1 aromatic heterocycles. The second-order valence-corrected chi connectivity index (χ2v) is 5.36. The molecule has 0 unspecified atom stereocenters. The molecule has 7 heteroatoms. The van der Waals surface area contributed by atoms with E-state index in [9.17, 15) is 10.1 Å². The number of anilines is 2. The molecule has 0 aromatic carbocycles. The zero-order valence-corrected chi connectivity index (χ0v) is 13.5. The van der Waals surface area contributed by atoms with E-state index < -0.39 is 5.97 Å². The normalized spacial score (nSPS) is 10.4. The lowest BCUT2D eigenvalue weighted by molar-refractivity contribution is 0.0533. The third kappa shape index (κ3) is 4.34. The zero-order valence-electron chi connectivity index (χ0n) is 12.7. The number of hydrogen-bond donors (Lipinski definition) is 2. The molecule has 116 valence electrons. The summed E-state index contributed by atoms with van der Waals surface area (Å²) in [7, 11) is 0. The monoisotopic (exact) mass is 310 g/mol. The van der Waals surface area contributed by atoms with Gasteiger partial charge < -0.3 is 20.7 Å². The topological polar surface area (TPSA) is 91.4 Å². The van der Waals surface area contributed by atoms with E-state index in [1.807, 2.05) is 6.07 Å². The van der Waals surface area contributed by atoms with Crippen molar-refractivity contribution in [1.82, 2.24) is 4.90 Å². The summed E-state index contributed by atoms with van der Waals surface area (Å²) in [5.74, 6) is -0.478. The lowest BCUT2D eigenvalue weighted by Crippen LogP contribution is -2.28. The summed E-state index contributed by atoms with van der Waals surface area (Å²) in [5, 5.41) is 13.0. The van der Waals surface area contributed by atoms with Gasteiger partial charge >= 0.3 is 5.97 Å². The molecule has 0 amide bonds. The van der Waals surface area contributed by atoms with Gasteiger partial charge in [0.1, 0.15) is 21.5 Å². The maximum absolute atomic E-state index is 11.8. The Bertz CT molecular complexity index is 518. The van der Waals surface area contributed by atoms with Crippen molar-refractivity contribution in [2.45, 2.75) is 20.8 Å². The number of nitrogens with zero attached hydrogens (tertiary/aromatic N) is 2. The van der Waals surface area contributed by atoms with Crippen molar-refractivity contribution >= 4 is 28.0 Å². The van der Waals surface area contributed by atoms with Crippen LogP contribution in [0.5, 0.6) is 0 Å². The van der Waals surface area contributed by atoms with Crippen LogP contribution in [0.25, 0.3) is 0 Å². The first-order valence-electron chi connectivity index (χ1n) is 7.04. The minimum Gasteiger partial charge on any atom is -0.462 e. The van der Waals surface area contributed by atoms with Gasteiger partial charge in [0.15, 0.2) is 0 Å². The SMILES string of the molecule is CCOC(=O)c1sc(NCCN(CC)CC)c(C#N)c1N. The summed E-state index contributed by atoms with van der Waals surface area (Å²) >= 11 is 1.17. The van der Waals surface area contributed by atoms with Crippen molar-refractivity contribution in [3.8, 4) is 6.07 Å². The largest absolute Gasteiger partial charge is 0.462 e. The van der Waals surface area contributed by atoms with Gasteiger partial charge in [-0.05, 0) is 20.0 Å². The minimum atomic E-state index is -0.478. The summed E-state index contributed by atoms with van der Waals surface area (Å²) in [5.41, 5.74) is 6.39. The summed E-state index contributed by atoms with van der Waals surface area (Å²) in [4.78, 5) is 14.3. The Hall–Kier alpha value is -1.78. The lowest BCUT2D eigenvalue weighted by Gasteiger charge is -2.18. The fourth-order valence-corrected chi connectivity index (χ4v) is 2.89. The van der Waals surface area contributed by atoms with Crippen LogP contribution in [-0.4, -0.2) is 43.7 Å². The van der Waals surface area contributed by atoms with Crippen molar-refractivity contribution in [2.75, 3.05) is 43.8 Å². The molecule has 1 heterocycles.